The average molecular weight is 387 g/mol. The highest BCUT2D eigenvalue weighted by Crippen LogP contribution is 2.46. The molecule has 1 aliphatic carbocycles. The summed E-state index contributed by atoms with van der Waals surface area (Å²) in [6.45, 7) is 9.31. The zero-order valence-corrected chi connectivity index (χ0v) is 18.0. The Labute approximate surface area is 169 Å². The first kappa shape index (κ1) is 22.2. The third-order valence-corrected chi connectivity index (χ3v) is 5.48. The molecule has 0 saturated carbocycles. The van der Waals surface area contributed by atoms with Crippen LogP contribution >= 0.6 is 0 Å². The molecule has 0 heterocycles. The number of ether oxygens (including phenoxy) is 2. The highest BCUT2D eigenvalue weighted by atomic mass is 16.5. The molecule has 4 nitrogen and oxygen atoms in total. The van der Waals surface area contributed by atoms with Crippen molar-refractivity contribution in [2.75, 3.05) is 0 Å². The number of rotatable bonds is 8. The molecule has 2 rings (SSSR count). The second kappa shape index (κ2) is 10.4. The summed E-state index contributed by atoms with van der Waals surface area (Å²) < 4.78 is 11.3. The summed E-state index contributed by atoms with van der Waals surface area (Å²) in [7, 11) is 0. The maximum absolute atomic E-state index is 11.8. The second-order valence-corrected chi connectivity index (χ2v) is 7.90. The van der Waals surface area contributed by atoms with Gasteiger partial charge >= 0.3 is 11.9 Å². The lowest BCUT2D eigenvalue weighted by Crippen LogP contribution is -2.19. The molecule has 1 aromatic rings. The third-order valence-electron chi connectivity index (χ3n) is 5.48. The molecular formula is C24H34O4. The predicted molar refractivity (Wildman–Crippen MR) is 112 cm³/mol. The quantitative estimate of drug-likeness (QED) is 0.234. The maximum atomic E-state index is 11.8. The Bertz CT molecular complexity index is 695. The van der Waals surface area contributed by atoms with Crippen LogP contribution in [0.2, 0.25) is 0 Å². The number of aryl methyl sites for hydroxylation is 1. The van der Waals surface area contributed by atoms with Crippen molar-refractivity contribution in [2.24, 2.45) is 5.92 Å². The molecule has 0 saturated heterocycles. The first-order chi connectivity index (χ1) is 13.3. The molecule has 0 amide bonds. The SMILES string of the molecule is CCCCCc1cc(OC(C)=O)c(C2C=C(C)CCC2CC)c(OC(C)=O)c1. The molecule has 0 fully saturated rings. The van der Waals surface area contributed by atoms with Crippen LogP contribution in [-0.2, 0) is 16.0 Å². The minimum atomic E-state index is -0.356. The first-order valence-corrected chi connectivity index (χ1v) is 10.6. The summed E-state index contributed by atoms with van der Waals surface area (Å²) in [5.41, 5.74) is 3.19. The third kappa shape index (κ3) is 5.95. The van der Waals surface area contributed by atoms with Gasteiger partial charge in [0.2, 0.25) is 0 Å². The van der Waals surface area contributed by atoms with E-state index in [1.54, 1.807) is 0 Å². The van der Waals surface area contributed by atoms with Crippen LogP contribution in [-0.4, -0.2) is 11.9 Å². The zero-order valence-electron chi connectivity index (χ0n) is 18.0. The van der Waals surface area contributed by atoms with E-state index in [9.17, 15) is 9.59 Å². The van der Waals surface area contributed by atoms with Gasteiger partial charge in [-0.25, -0.2) is 0 Å². The van der Waals surface area contributed by atoms with E-state index in [4.69, 9.17) is 9.47 Å². The number of unbranched alkanes of at least 4 members (excludes halogenated alkanes) is 2. The van der Waals surface area contributed by atoms with Crippen molar-refractivity contribution in [3.05, 3.63) is 34.9 Å². The van der Waals surface area contributed by atoms with Crippen LogP contribution in [0.25, 0.3) is 0 Å². The Kier molecular flexibility index (Phi) is 8.28. The molecule has 0 aliphatic heterocycles. The van der Waals surface area contributed by atoms with Crippen LogP contribution in [0.5, 0.6) is 11.5 Å². The van der Waals surface area contributed by atoms with Crippen LogP contribution in [0, 0.1) is 5.92 Å². The normalized spacial score (nSPS) is 19.1. The predicted octanol–water partition coefficient (Wildman–Crippen LogP) is 6.12. The summed E-state index contributed by atoms with van der Waals surface area (Å²) in [6, 6.07) is 3.92. The Hall–Kier alpha value is -2.10. The minimum Gasteiger partial charge on any atom is -0.426 e. The number of hydrogen-bond acceptors (Lipinski definition) is 4. The van der Waals surface area contributed by atoms with Gasteiger partial charge in [0.25, 0.3) is 0 Å². The lowest BCUT2D eigenvalue weighted by atomic mass is 9.75. The van der Waals surface area contributed by atoms with Crippen LogP contribution < -0.4 is 9.47 Å². The number of esters is 2. The second-order valence-electron chi connectivity index (χ2n) is 7.90. The van der Waals surface area contributed by atoms with Crippen molar-refractivity contribution in [3.8, 4) is 11.5 Å². The maximum Gasteiger partial charge on any atom is 0.308 e. The highest BCUT2D eigenvalue weighted by Gasteiger charge is 2.30. The average Bonchev–Trinajstić information content (AvgIpc) is 2.61. The van der Waals surface area contributed by atoms with Crippen molar-refractivity contribution in [1.82, 2.24) is 0 Å². The summed E-state index contributed by atoms with van der Waals surface area (Å²) in [4.78, 5) is 23.6. The van der Waals surface area contributed by atoms with E-state index in [0.717, 1.165) is 56.1 Å². The first-order valence-electron chi connectivity index (χ1n) is 10.6. The molecule has 0 spiro atoms. The van der Waals surface area contributed by atoms with Crippen molar-refractivity contribution < 1.29 is 19.1 Å². The van der Waals surface area contributed by atoms with Gasteiger partial charge in [0.15, 0.2) is 0 Å². The van der Waals surface area contributed by atoms with Gasteiger partial charge in [-0.3, -0.25) is 9.59 Å². The summed E-state index contributed by atoms with van der Waals surface area (Å²) in [6.07, 6.45) is 9.63. The van der Waals surface area contributed by atoms with Gasteiger partial charge in [-0.2, -0.15) is 0 Å². The van der Waals surface area contributed by atoms with Crippen molar-refractivity contribution in [1.29, 1.82) is 0 Å². The lowest BCUT2D eigenvalue weighted by molar-refractivity contribution is -0.132. The van der Waals surface area contributed by atoms with E-state index in [-0.39, 0.29) is 17.9 Å². The molecule has 28 heavy (non-hydrogen) atoms. The molecule has 0 radical (unpaired) electrons. The van der Waals surface area contributed by atoms with Gasteiger partial charge < -0.3 is 9.47 Å². The minimum absolute atomic E-state index is 0.0761. The molecule has 0 aromatic heterocycles. The number of allylic oxidation sites excluding steroid dienone is 2. The molecular weight excluding hydrogens is 352 g/mol. The standard InChI is InChI=1S/C24H34O4/c1-6-8-9-10-19-14-22(27-17(4)25)24(23(15-19)28-18(5)26)21-13-16(3)11-12-20(21)7-2/h13-15,20-21H,6-12H2,1-5H3. The van der Waals surface area contributed by atoms with Crippen LogP contribution in [0.3, 0.4) is 0 Å². The van der Waals surface area contributed by atoms with Gasteiger partial charge in [0, 0.05) is 25.3 Å². The number of hydrogen-bond donors (Lipinski definition) is 0. The Morgan fingerprint density at radius 1 is 1.04 bits per heavy atom. The van der Waals surface area contributed by atoms with Crippen LogP contribution in [0.4, 0.5) is 0 Å². The molecule has 2 unspecified atom stereocenters. The van der Waals surface area contributed by atoms with E-state index in [1.807, 2.05) is 12.1 Å². The van der Waals surface area contributed by atoms with E-state index in [1.165, 1.54) is 19.4 Å². The molecule has 154 valence electrons. The van der Waals surface area contributed by atoms with Crippen LogP contribution in [0.15, 0.2) is 23.8 Å². The molecule has 2 atom stereocenters. The number of carbonyl (C=O) groups is 2. The summed E-state index contributed by atoms with van der Waals surface area (Å²) >= 11 is 0. The smallest absolute Gasteiger partial charge is 0.308 e. The monoisotopic (exact) mass is 386 g/mol. The topological polar surface area (TPSA) is 52.6 Å². The Morgan fingerprint density at radius 2 is 1.64 bits per heavy atom. The van der Waals surface area contributed by atoms with Gasteiger partial charge in [0.05, 0.1) is 0 Å². The molecule has 0 N–H and O–H groups in total. The molecule has 0 bridgehead atoms. The summed E-state index contributed by atoms with van der Waals surface area (Å²) in [5.74, 6) is 0.861. The fourth-order valence-electron chi connectivity index (χ4n) is 4.08. The largest absolute Gasteiger partial charge is 0.426 e. The highest BCUT2D eigenvalue weighted by molar-refractivity contribution is 5.73. The van der Waals surface area contributed by atoms with Gasteiger partial charge in [-0.05, 0) is 56.2 Å². The van der Waals surface area contributed by atoms with E-state index < -0.39 is 0 Å². The van der Waals surface area contributed by atoms with Crippen molar-refractivity contribution in [3.63, 3.8) is 0 Å². The lowest BCUT2D eigenvalue weighted by Gasteiger charge is -2.31. The number of carbonyl (C=O) groups excluding carboxylic acids is 2. The Balaban J connectivity index is 2.59. The molecule has 1 aliphatic rings. The van der Waals surface area contributed by atoms with Crippen molar-refractivity contribution in [2.45, 2.75) is 85.5 Å². The fourth-order valence-corrected chi connectivity index (χ4v) is 4.08. The Morgan fingerprint density at radius 3 is 2.14 bits per heavy atom. The molecule has 4 heteroatoms. The molecule has 1 aromatic carbocycles. The van der Waals surface area contributed by atoms with Gasteiger partial charge in [-0.15, -0.1) is 0 Å². The summed E-state index contributed by atoms with van der Waals surface area (Å²) in [5, 5.41) is 0. The van der Waals surface area contributed by atoms with Crippen molar-refractivity contribution >= 4 is 11.9 Å². The number of benzene rings is 1. The van der Waals surface area contributed by atoms with Gasteiger partial charge in [0.1, 0.15) is 11.5 Å². The zero-order chi connectivity index (χ0) is 20.7. The van der Waals surface area contributed by atoms with E-state index >= 15 is 0 Å². The fraction of sp³-hybridized carbons (Fsp3) is 0.583. The van der Waals surface area contributed by atoms with Crippen LogP contribution in [0.1, 0.15) is 90.2 Å². The van der Waals surface area contributed by atoms with Gasteiger partial charge in [-0.1, -0.05) is 44.8 Å². The van der Waals surface area contributed by atoms with E-state index in [0.29, 0.717) is 17.4 Å². The van der Waals surface area contributed by atoms with E-state index in [2.05, 4.69) is 26.8 Å².